The van der Waals surface area contributed by atoms with Crippen molar-refractivity contribution < 1.29 is 23.8 Å². The van der Waals surface area contributed by atoms with Crippen LogP contribution in [0.3, 0.4) is 0 Å². The summed E-state index contributed by atoms with van der Waals surface area (Å²) in [6.45, 7) is 0.582. The summed E-state index contributed by atoms with van der Waals surface area (Å²) in [5, 5.41) is 2.66. The molecule has 0 saturated carbocycles. The first-order valence-electron chi connectivity index (χ1n) is 8.72. The lowest BCUT2D eigenvalue weighted by Gasteiger charge is -2.17. The number of methoxy groups -OCH3 is 2. The molecule has 0 unspecified atom stereocenters. The second kappa shape index (κ2) is 11.1. The predicted molar refractivity (Wildman–Crippen MR) is 102 cm³/mol. The average Bonchev–Trinajstić information content (AvgIpc) is 2.71. The molecule has 27 heavy (non-hydrogen) atoms. The first kappa shape index (κ1) is 20.6. The number of rotatable bonds is 10. The SMILES string of the molecule is COCCOCC(=O)N[C@@H](Cc1ccc(-c2ccccc2)cc1)C(=O)OC. The monoisotopic (exact) mass is 371 g/mol. The molecule has 0 aromatic heterocycles. The van der Waals surface area contributed by atoms with E-state index < -0.39 is 12.0 Å². The van der Waals surface area contributed by atoms with Gasteiger partial charge in [-0.25, -0.2) is 4.79 Å². The molecular weight excluding hydrogens is 346 g/mol. The topological polar surface area (TPSA) is 73.9 Å². The lowest BCUT2D eigenvalue weighted by atomic mass is 10.0. The van der Waals surface area contributed by atoms with Gasteiger partial charge in [-0.3, -0.25) is 4.79 Å². The van der Waals surface area contributed by atoms with Crippen molar-refractivity contribution in [2.24, 2.45) is 0 Å². The van der Waals surface area contributed by atoms with Crippen molar-refractivity contribution in [3.63, 3.8) is 0 Å². The number of esters is 1. The van der Waals surface area contributed by atoms with Crippen LogP contribution >= 0.6 is 0 Å². The van der Waals surface area contributed by atoms with Crippen LogP contribution in [-0.2, 0) is 30.2 Å². The summed E-state index contributed by atoms with van der Waals surface area (Å²) >= 11 is 0. The zero-order valence-corrected chi connectivity index (χ0v) is 15.6. The van der Waals surface area contributed by atoms with E-state index in [1.165, 1.54) is 7.11 Å². The lowest BCUT2D eigenvalue weighted by Crippen LogP contribution is -2.44. The van der Waals surface area contributed by atoms with Crippen molar-refractivity contribution in [2.75, 3.05) is 34.0 Å². The minimum atomic E-state index is -0.767. The Kier molecular flexibility index (Phi) is 8.48. The summed E-state index contributed by atoms with van der Waals surface area (Å²) in [5.74, 6) is -0.866. The minimum absolute atomic E-state index is 0.135. The standard InChI is InChI=1S/C21H25NO5/c1-25-12-13-27-15-20(23)22-19(21(24)26-2)14-16-8-10-18(11-9-16)17-6-4-3-5-7-17/h3-11,19H,12-15H2,1-2H3,(H,22,23)/t19-/m0/s1. The number of hydrogen-bond acceptors (Lipinski definition) is 5. The van der Waals surface area contributed by atoms with Crippen LogP contribution in [0.5, 0.6) is 0 Å². The summed E-state index contributed by atoms with van der Waals surface area (Å²) in [6.07, 6.45) is 0.339. The summed E-state index contributed by atoms with van der Waals surface area (Å²) in [6, 6.07) is 17.1. The van der Waals surface area contributed by atoms with Gasteiger partial charge < -0.3 is 19.5 Å². The van der Waals surface area contributed by atoms with E-state index in [0.717, 1.165) is 16.7 Å². The fourth-order valence-electron chi connectivity index (χ4n) is 2.58. The lowest BCUT2D eigenvalue weighted by molar-refractivity contribution is -0.145. The van der Waals surface area contributed by atoms with Crippen LogP contribution < -0.4 is 5.32 Å². The van der Waals surface area contributed by atoms with Gasteiger partial charge in [-0.2, -0.15) is 0 Å². The number of benzene rings is 2. The molecule has 0 radical (unpaired) electrons. The Morgan fingerprint density at radius 1 is 0.926 bits per heavy atom. The normalized spacial score (nSPS) is 11.6. The molecule has 0 aliphatic carbocycles. The number of nitrogens with one attached hydrogen (secondary N) is 1. The molecule has 0 bridgehead atoms. The van der Waals surface area contributed by atoms with Crippen LogP contribution in [0.2, 0.25) is 0 Å². The van der Waals surface area contributed by atoms with Gasteiger partial charge in [0.15, 0.2) is 0 Å². The van der Waals surface area contributed by atoms with Crippen molar-refractivity contribution in [3.8, 4) is 11.1 Å². The Bertz CT molecular complexity index is 715. The van der Waals surface area contributed by atoms with E-state index in [1.54, 1.807) is 7.11 Å². The summed E-state index contributed by atoms with van der Waals surface area (Å²) in [4.78, 5) is 24.0. The average molecular weight is 371 g/mol. The second-order valence-corrected chi connectivity index (χ2v) is 5.96. The van der Waals surface area contributed by atoms with E-state index >= 15 is 0 Å². The molecule has 0 fully saturated rings. The summed E-state index contributed by atoms with van der Waals surface area (Å²) in [5.41, 5.74) is 3.13. The van der Waals surface area contributed by atoms with E-state index in [9.17, 15) is 9.59 Å². The molecule has 1 atom stereocenters. The van der Waals surface area contributed by atoms with E-state index in [4.69, 9.17) is 14.2 Å². The van der Waals surface area contributed by atoms with Gasteiger partial charge in [0.2, 0.25) is 5.91 Å². The van der Waals surface area contributed by atoms with Gasteiger partial charge in [0.05, 0.1) is 20.3 Å². The molecule has 6 heteroatoms. The van der Waals surface area contributed by atoms with E-state index in [1.807, 2.05) is 54.6 Å². The minimum Gasteiger partial charge on any atom is -0.467 e. The maximum atomic E-state index is 12.0. The van der Waals surface area contributed by atoms with Crippen LogP contribution in [0.4, 0.5) is 0 Å². The van der Waals surface area contributed by atoms with E-state index in [-0.39, 0.29) is 12.5 Å². The third-order valence-corrected chi connectivity index (χ3v) is 3.99. The molecule has 1 N–H and O–H groups in total. The van der Waals surface area contributed by atoms with Gasteiger partial charge in [-0.15, -0.1) is 0 Å². The highest BCUT2D eigenvalue weighted by Gasteiger charge is 2.22. The Balaban J connectivity index is 1.97. The van der Waals surface area contributed by atoms with Gasteiger partial charge in [-0.05, 0) is 16.7 Å². The zero-order chi connectivity index (χ0) is 19.5. The highest BCUT2D eigenvalue weighted by Crippen LogP contribution is 2.19. The Morgan fingerprint density at radius 2 is 1.59 bits per heavy atom. The molecule has 6 nitrogen and oxygen atoms in total. The number of carbonyl (C=O) groups is 2. The molecule has 1 amide bonds. The van der Waals surface area contributed by atoms with Crippen LogP contribution in [0.25, 0.3) is 11.1 Å². The fraction of sp³-hybridized carbons (Fsp3) is 0.333. The predicted octanol–water partition coefficient (Wildman–Crippen LogP) is 2.22. The van der Waals surface area contributed by atoms with Gasteiger partial charge in [0.1, 0.15) is 12.6 Å². The Labute approximate surface area is 159 Å². The maximum absolute atomic E-state index is 12.0. The van der Waals surface area contributed by atoms with Crippen LogP contribution in [0.15, 0.2) is 54.6 Å². The quantitative estimate of drug-likeness (QED) is 0.512. The van der Waals surface area contributed by atoms with Gasteiger partial charge in [-0.1, -0.05) is 54.6 Å². The van der Waals surface area contributed by atoms with Crippen molar-refractivity contribution in [3.05, 3.63) is 60.2 Å². The highest BCUT2D eigenvalue weighted by molar-refractivity contribution is 5.85. The van der Waals surface area contributed by atoms with Gasteiger partial charge in [0.25, 0.3) is 0 Å². The van der Waals surface area contributed by atoms with Crippen LogP contribution in [0.1, 0.15) is 5.56 Å². The molecule has 2 aromatic carbocycles. The van der Waals surface area contributed by atoms with Gasteiger partial charge >= 0.3 is 5.97 Å². The molecule has 0 heterocycles. The first-order valence-corrected chi connectivity index (χ1v) is 8.72. The van der Waals surface area contributed by atoms with E-state index in [0.29, 0.717) is 19.6 Å². The first-order chi connectivity index (χ1) is 13.1. The Morgan fingerprint density at radius 3 is 2.22 bits per heavy atom. The zero-order valence-electron chi connectivity index (χ0n) is 15.6. The molecule has 144 valence electrons. The number of carbonyl (C=O) groups excluding carboxylic acids is 2. The molecule has 2 aromatic rings. The van der Waals surface area contributed by atoms with Gasteiger partial charge in [0, 0.05) is 13.5 Å². The van der Waals surface area contributed by atoms with Crippen molar-refractivity contribution in [2.45, 2.75) is 12.5 Å². The molecule has 0 spiro atoms. The molecular formula is C21H25NO5. The Hall–Kier alpha value is -2.70. The van der Waals surface area contributed by atoms with Crippen LogP contribution in [0, 0.1) is 0 Å². The smallest absolute Gasteiger partial charge is 0.328 e. The molecule has 0 saturated heterocycles. The van der Waals surface area contributed by atoms with Crippen molar-refractivity contribution in [1.82, 2.24) is 5.32 Å². The van der Waals surface area contributed by atoms with Crippen molar-refractivity contribution >= 4 is 11.9 Å². The fourth-order valence-corrected chi connectivity index (χ4v) is 2.58. The van der Waals surface area contributed by atoms with E-state index in [2.05, 4.69) is 5.32 Å². The largest absolute Gasteiger partial charge is 0.467 e. The molecule has 0 aliphatic rings. The molecule has 2 rings (SSSR count). The number of ether oxygens (including phenoxy) is 3. The maximum Gasteiger partial charge on any atom is 0.328 e. The third kappa shape index (κ3) is 6.84. The number of hydrogen-bond donors (Lipinski definition) is 1. The molecule has 0 aliphatic heterocycles. The number of amides is 1. The van der Waals surface area contributed by atoms with Crippen molar-refractivity contribution in [1.29, 1.82) is 0 Å². The summed E-state index contributed by atoms with van der Waals surface area (Å²) in [7, 11) is 2.86. The van der Waals surface area contributed by atoms with Crippen LogP contribution in [-0.4, -0.2) is 52.0 Å². The second-order valence-electron chi connectivity index (χ2n) is 5.96. The highest BCUT2D eigenvalue weighted by atomic mass is 16.5. The third-order valence-electron chi connectivity index (χ3n) is 3.99. The summed E-state index contributed by atoms with van der Waals surface area (Å²) < 4.78 is 14.8.